The summed E-state index contributed by atoms with van der Waals surface area (Å²) in [5, 5.41) is 9.38. The summed E-state index contributed by atoms with van der Waals surface area (Å²) in [5.74, 6) is 1.02. The van der Waals surface area contributed by atoms with Crippen LogP contribution >= 0.6 is 11.6 Å². The third-order valence-corrected chi connectivity index (χ3v) is 3.84. The number of hydrogen-bond acceptors (Lipinski definition) is 4. The summed E-state index contributed by atoms with van der Waals surface area (Å²) in [6.45, 7) is 4.00. The maximum absolute atomic E-state index is 8.97. The normalized spacial score (nSPS) is 23.1. The number of likely N-dealkylation sites (N-methyl/N-ethyl adjacent to an activating group) is 1. The first-order valence-corrected chi connectivity index (χ1v) is 7.00. The van der Waals surface area contributed by atoms with Gasteiger partial charge < -0.3 is 14.4 Å². The Balaban J connectivity index is 2.31. The molecule has 0 bridgehead atoms. The van der Waals surface area contributed by atoms with Crippen molar-refractivity contribution in [1.82, 2.24) is 4.90 Å². The van der Waals surface area contributed by atoms with E-state index in [0.29, 0.717) is 22.1 Å². The fraction of sp³-hybridized carbons (Fsp3) is 0.533. The highest BCUT2D eigenvalue weighted by Crippen LogP contribution is 2.40. The van der Waals surface area contributed by atoms with Gasteiger partial charge in [-0.3, -0.25) is 0 Å². The number of nitriles is 1. The van der Waals surface area contributed by atoms with Crippen LogP contribution in [0.2, 0.25) is 5.02 Å². The fourth-order valence-electron chi connectivity index (χ4n) is 2.67. The zero-order valence-corrected chi connectivity index (χ0v) is 12.8. The Morgan fingerprint density at radius 1 is 1.45 bits per heavy atom. The summed E-state index contributed by atoms with van der Waals surface area (Å²) in [6, 6.07) is 5.32. The van der Waals surface area contributed by atoms with Gasteiger partial charge in [0.15, 0.2) is 11.5 Å². The van der Waals surface area contributed by atoms with Crippen LogP contribution in [0.3, 0.4) is 0 Å². The Morgan fingerprint density at radius 2 is 2.20 bits per heavy atom. The minimum Gasteiger partial charge on any atom is -0.493 e. The highest BCUT2D eigenvalue weighted by Gasteiger charge is 2.33. The van der Waals surface area contributed by atoms with Crippen LogP contribution in [-0.4, -0.2) is 37.7 Å². The molecule has 1 aliphatic rings. The molecule has 1 unspecified atom stereocenters. The molecule has 0 N–H and O–H groups in total. The summed E-state index contributed by atoms with van der Waals surface area (Å²) in [5.41, 5.74) is 0.169. The number of piperidine rings is 1. The van der Waals surface area contributed by atoms with Gasteiger partial charge in [0.05, 0.1) is 23.8 Å². The average Bonchev–Trinajstić information content (AvgIpc) is 2.40. The number of methoxy groups -OCH3 is 1. The first-order valence-electron chi connectivity index (χ1n) is 6.62. The van der Waals surface area contributed by atoms with E-state index in [1.54, 1.807) is 19.2 Å². The molecule has 4 nitrogen and oxygen atoms in total. The number of rotatable bonds is 3. The van der Waals surface area contributed by atoms with Crippen LogP contribution in [0.15, 0.2) is 12.1 Å². The van der Waals surface area contributed by atoms with E-state index in [4.69, 9.17) is 26.3 Å². The van der Waals surface area contributed by atoms with Gasteiger partial charge in [0.1, 0.15) is 5.60 Å². The van der Waals surface area contributed by atoms with Gasteiger partial charge in [0, 0.05) is 12.6 Å². The fourth-order valence-corrected chi connectivity index (χ4v) is 2.91. The van der Waals surface area contributed by atoms with Crippen molar-refractivity contribution in [2.45, 2.75) is 25.4 Å². The Morgan fingerprint density at radius 3 is 2.80 bits per heavy atom. The van der Waals surface area contributed by atoms with E-state index in [9.17, 15) is 0 Å². The van der Waals surface area contributed by atoms with E-state index < -0.39 is 0 Å². The molecule has 1 heterocycles. The number of halogens is 1. The van der Waals surface area contributed by atoms with Gasteiger partial charge in [0.2, 0.25) is 0 Å². The van der Waals surface area contributed by atoms with Crippen molar-refractivity contribution in [3.05, 3.63) is 22.7 Å². The second kappa shape index (κ2) is 5.90. The standard InChI is InChI=1S/C15H19ClN2O2/c1-15(5-4-6-18(2)10-15)20-14-12(16)7-11(9-17)8-13(14)19-3/h7-8H,4-6,10H2,1-3H3. The van der Waals surface area contributed by atoms with Crippen LogP contribution in [0.5, 0.6) is 11.5 Å². The lowest BCUT2D eigenvalue weighted by Gasteiger charge is -2.39. The lowest BCUT2D eigenvalue weighted by atomic mass is 9.95. The minimum absolute atomic E-state index is 0.294. The van der Waals surface area contributed by atoms with Crippen LogP contribution < -0.4 is 9.47 Å². The highest BCUT2D eigenvalue weighted by molar-refractivity contribution is 6.32. The largest absolute Gasteiger partial charge is 0.493 e. The van der Waals surface area contributed by atoms with Gasteiger partial charge in [-0.2, -0.15) is 5.26 Å². The van der Waals surface area contributed by atoms with Crippen molar-refractivity contribution in [2.75, 3.05) is 27.2 Å². The molecule has 1 aromatic rings. The summed E-state index contributed by atoms with van der Waals surface area (Å²) in [7, 11) is 3.63. The van der Waals surface area contributed by atoms with Crippen molar-refractivity contribution >= 4 is 11.6 Å². The molecule has 0 spiro atoms. The third-order valence-electron chi connectivity index (χ3n) is 3.56. The monoisotopic (exact) mass is 294 g/mol. The highest BCUT2D eigenvalue weighted by atomic mass is 35.5. The molecule has 0 radical (unpaired) electrons. The van der Waals surface area contributed by atoms with E-state index in [-0.39, 0.29) is 5.60 Å². The molecule has 1 atom stereocenters. The Bertz CT molecular complexity index is 541. The zero-order chi connectivity index (χ0) is 14.8. The average molecular weight is 295 g/mol. The van der Waals surface area contributed by atoms with E-state index in [0.717, 1.165) is 25.9 Å². The number of likely N-dealkylation sites (tertiary alicyclic amines) is 1. The molecule has 1 fully saturated rings. The van der Waals surface area contributed by atoms with Crippen LogP contribution in [0.1, 0.15) is 25.3 Å². The molecule has 1 saturated heterocycles. The first kappa shape index (κ1) is 15.0. The molecule has 1 aliphatic heterocycles. The molecule has 0 aromatic heterocycles. The summed E-state index contributed by atoms with van der Waals surface area (Å²) < 4.78 is 11.5. The quantitative estimate of drug-likeness (QED) is 0.859. The maximum Gasteiger partial charge on any atom is 0.180 e. The van der Waals surface area contributed by atoms with Crippen molar-refractivity contribution in [2.24, 2.45) is 0 Å². The smallest absolute Gasteiger partial charge is 0.180 e. The summed E-state index contributed by atoms with van der Waals surface area (Å²) in [6.07, 6.45) is 2.06. The van der Waals surface area contributed by atoms with Gasteiger partial charge in [-0.25, -0.2) is 0 Å². The lowest BCUT2D eigenvalue weighted by Crippen LogP contribution is -2.48. The molecule has 1 aromatic carbocycles. The molecule has 108 valence electrons. The van der Waals surface area contributed by atoms with Gasteiger partial charge in [0.25, 0.3) is 0 Å². The van der Waals surface area contributed by atoms with E-state index in [1.807, 2.05) is 0 Å². The number of nitrogens with zero attached hydrogens (tertiary/aromatic N) is 2. The molecule has 0 aliphatic carbocycles. The Kier molecular flexibility index (Phi) is 4.42. The van der Waals surface area contributed by atoms with Crippen molar-refractivity contribution < 1.29 is 9.47 Å². The van der Waals surface area contributed by atoms with Crippen molar-refractivity contribution in [3.63, 3.8) is 0 Å². The van der Waals surface area contributed by atoms with Gasteiger partial charge in [-0.1, -0.05) is 11.6 Å². The van der Waals surface area contributed by atoms with Crippen LogP contribution in [0.4, 0.5) is 0 Å². The minimum atomic E-state index is -0.294. The summed E-state index contributed by atoms with van der Waals surface area (Å²) in [4.78, 5) is 2.24. The van der Waals surface area contributed by atoms with E-state index in [2.05, 4.69) is 24.9 Å². The zero-order valence-electron chi connectivity index (χ0n) is 12.1. The molecule has 0 saturated carbocycles. The number of benzene rings is 1. The molecule has 2 rings (SSSR count). The third kappa shape index (κ3) is 3.17. The lowest BCUT2D eigenvalue weighted by molar-refractivity contribution is 0.0137. The van der Waals surface area contributed by atoms with Crippen molar-refractivity contribution in [3.8, 4) is 17.6 Å². The Labute approximate surface area is 124 Å². The second-order valence-corrected chi connectivity index (χ2v) is 5.90. The van der Waals surface area contributed by atoms with E-state index in [1.165, 1.54) is 0 Å². The molecular weight excluding hydrogens is 276 g/mol. The second-order valence-electron chi connectivity index (χ2n) is 5.49. The number of hydrogen-bond donors (Lipinski definition) is 0. The summed E-state index contributed by atoms with van der Waals surface area (Å²) >= 11 is 6.24. The molecule has 0 amide bonds. The first-order chi connectivity index (χ1) is 9.47. The van der Waals surface area contributed by atoms with Crippen molar-refractivity contribution in [1.29, 1.82) is 5.26 Å². The molecule has 20 heavy (non-hydrogen) atoms. The number of ether oxygens (including phenoxy) is 2. The van der Waals surface area contributed by atoms with Gasteiger partial charge >= 0.3 is 0 Å². The SMILES string of the molecule is COc1cc(C#N)cc(Cl)c1OC1(C)CCCN(C)C1. The molecule has 5 heteroatoms. The van der Waals surface area contributed by atoms with Crippen LogP contribution in [0.25, 0.3) is 0 Å². The van der Waals surface area contributed by atoms with Crippen LogP contribution in [0, 0.1) is 11.3 Å². The Hall–Kier alpha value is -1.44. The van der Waals surface area contributed by atoms with Gasteiger partial charge in [-0.15, -0.1) is 0 Å². The predicted molar refractivity (Wildman–Crippen MR) is 78.5 cm³/mol. The van der Waals surface area contributed by atoms with Gasteiger partial charge in [-0.05, 0) is 39.4 Å². The molecular formula is C15H19ClN2O2. The maximum atomic E-state index is 8.97. The van der Waals surface area contributed by atoms with E-state index >= 15 is 0 Å². The van der Waals surface area contributed by atoms with Crippen LogP contribution in [-0.2, 0) is 0 Å². The topological polar surface area (TPSA) is 45.5 Å². The predicted octanol–water partition coefficient (Wildman–Crippen LogP) is 3.08.